The Morgan fingerprint density at radius 2 is 1.11 bits per heavy atom. The normalized spacial score (nSPS) is 30.5. The molecular weight excluding hydrogens is 528 g/mol. The summed E-state index contributed by atoms with van der Waals surface area (Å²) in [5, 5.41) is 0. The van der Waals surface area contributed by atoms with E-state index in [1.165, 1.54) is 83.9 Å². The zero-order valence-electron chi connectivity index (χ0n) is 30.5. The standard InChI is InChI=1S/C44H64/c1-41(2,3)28-13-16-31-27(23-28)24-37-32(31)21-22-40(44(10,11)12)36(37)20-19-35-38-25-29(42(4,5)6)14-17-33(38)34-18-15-30(26-39(34)35)43(7,8)9/h14-15,17-19,25-28,31-32,36-37,40H,13,16,20-24H2,1-12H3. The van der Waals surface area contributed by atoms with Gasteiger partial charge in [0.1, 0.15) is 0 Å². The van der Waals surface area contributed by atoms with Crippen LogP contribution in [0.15, 0.2) is 42.5 Å². The summed E-state index contributed by atoms with van der Waals surface area (Å²) < 4.78 is 0. The summed E-state index contributed by atoms with van der Waals surface area (Å²) in [7, 11) is 0. The topological polar surface area (TPSA) is 0 Å². The Labute approximate surface area is 271 Å². The highest BCUT2D eigenvalue weighted by molar-refractivity contribution is 6.01. The molecule has 240 valence electrons. The van der Waals surface area contributed by atoms with E-state index in [-0.39, 0.29) is 10.8 Å². The van der Waals surface area contributed by atoms with E-state index in [0.29, 0.717) is 10.8 Å². The fraction of sp³-hybridized carbons (Fsp3) is 0.682. The van der Waals surface area contributed by atoms with Gasteiger partial charge in [0.15, 0.2) is 0 Å². The van der Waals surface area contributed by atoms with Crippen molar-refractivity contribution in [3.63, 3.8) is 0 Å². The first-order valence-electron chi connectivity index (χ1n) is 18.3. The van der Waals surface area contributed by atoms with Gasteiger partial charge in [0.05, 0.1) is 0 Å². The molecule has 7 unspecified atom stereocenters. The second kappa shape index (κ2) is 10.9. The molecule has 7 atom stereocenters. The monoisotopic (exact) mass is 593 g/mol. The Balaban J connectivity index is 1.40. The Morgan fingerprint density at radius 3 is 1.61 bits per heavy atom. The lowest BCUT2D eigenvalue weighted by Gasteiger charge is -2.47. The number of benzene rings is 2. The molecule has 0 nitrogen and oxygen atoms in total. The molecule has 3 fully saturated rings. The molecule has 44 heavy (non-hydrogen) atoms. The second-order valence-corrected chi connectivity index (χ2v) is 20.0. The van der Waals surface area contributed by atoms with Crippen LogP contribution in [-0.4, -0.2) is 0 Å². The third-order valence-electron chi connectivity index (χ3n) is 13.2. The maximum Gasteiger partial charge on any atom is -0.00989 e. The summed E-state index contributed by atoms with van der Waals surface area (Å²) in [6.45, 7) is 29.3. The summed E-state index contributed by atoms with van der Waals surface area (Å²) >= 11 is 0. The maximum atomic E-state index is 2.75. The third kappa shape index (κ3) is 5.79. The first-order valence-corrected chi connectivity index (χ1v) is 18.3. The molecule has 4 aliphatic rings. The van der Waals surface area contributed by atoms with Gasteiger partial charge in [-0.25, -0.2) is 0 Å². The van der Waals surface area contributed by atoms with Crippen LogP contribution in [-0.2, 0) is 10.8 Å². The molecule has 0 spiro atoms. The lowest BCUT2D eigenvalue weighted by Crippen LogP contribution is -2.40. The number of fused-ring (bicyclic) bond motifs is 6. The first-order chi connectivity index (χ1) is 20.3. The summed E-state index contributed by atoms with van der Waals surface area (Å²) in [5.41, 5.74) is 11.4. The third-order valence-corrected chi connectivity index (χ3v) is 13.2. The van der Waals surface area contributed by atoms with Gasteiger partial charge in [-0.2, -0.15) is 0 Å². The smallest absolute Gasteiger partial charge is 0.00989 e. The lowest BCUT2D eigenvalue weighted by atomic mass is 9.58. The highest BCUT2D eigenvalue weighted by Gasteiger charge is 2.53. The van der Waals surface area contributed by atoms with Crippen molar-refractivity contribution in [2.24, 2.45) is 52.3 Å². The summed E-state index contributed by atoms with van der Waals surface area (Å²) in [6, 6.07) is 14.7. The highest BCUT2D eigenvalue weighted by Crippen LogP contribution is 2.62. The van der Waals surface area contributed by atoms with E-state index in [2.05, 4.69) is 126 Å². The molecule has 0 aliphatic heterocycles. The van der Waals surface area contributed by atoms with Crippen LogP contribution in [0.3, 0.4) is 0 Å². The van der Waals surface area contributed by atoms with Gasteiger partial charge in [-0.1, -0.05) is 113 Å². The number of allylic oxidation sites excluding steroid dienone is 1. The molecule has 0 radical (unpaired) electrons. The van der Waals surface area contributed by atoms with Crippen LogP contribution in [0.25, 0.3) is 16.7 Å². The van der Waals surface area contributed by atoms with Gasteiger partial charge in [0.2, 0.25) is 0 Å². The molecule has 4 aliphatic carbocycles. The fourth-order valence-corrected chi connectivity index (χ4v) is 10.5. The van der Waals surface area contributed by atoms with Crippen LogP contribution in [0.2, 0.25) is 0 Å². The van der Waals surface area contributed by atoms with E-state index in [1.807, 2.05) is 0 Å². The van der Waals surface area contributed by atoms with Crippen molar-refractivity contribution in [1.82, 2.24) is 0 Å². The Hall–Kier alpha value is -1.82. The van der Waals surface area contributed by atoms with Crippen LogP contribution < -0.4 is 0 Å². The summed E-state index contributed by atoms with van der Waals surface area (Å²) in [5.74, 6) is 6.33. The van der Waals surface area contributed by atoms with Gasteiger partial charge in [0, 0.05) is 0 Å². The molecule has 3 saturated carbocycles. The molecule has 2 aromatic carbocycles. The highest BCUT2D eigenvalue weighted by atomic mass is 14.6. The quantitative estimate of drug-likeness (QED) is 0.278. The van der Waals surface area contributed by atoms with E-state index in [4.69, 9.17) is 0 Å². The summed E-state index contributed by atoms with van der Waals surface area (Å²) in [6.07, 6.45) is 12.8. The fourth-order valence-electron chi connectivity index (χ4n) is 10.5. The second-order valence-electron chi connectivity index (χ2n) is 20.0. The molecular formula is C44H64. The van der Waals surface area contributed by atoms with Crippen molar-refractivity contribution >= 4 is 5.57 Å². The van der Waals surface area contributed by atoms with Crippen LogP contribution in [0.1, 0.15) is 150 Å². The van der Waals surface area contributed by atoms with Crippen LogP contribution in [0.4, 0.5) is 0 Å². The predicted octanol–water partition coefficient (Wildman–Crippen LogP) is 12.9. The largest absolute Gasteiger partial charge is 0.0757 e. The Kier molecular flexibility index (Phi) is 7.94. The molecule has 0 N–H and O–H groups in total. The van der Waals surface area contributed by atoms with Gasteiger partial charge >= 0.3 is 0 Å². The average molecular weight is 593 g/mol. The minimum Gasteiger partial charge on any atom is -0.0757 e. The minimum atomic E-state index is 0.143. The van der Waals surface area contributed by atoms with Crippen molar-refractivity contribution in [3.8, 4) is 11.1 Å². The van der Waals surface area contributed by atoms with Crippen molar-refractivity contribution in [1.29, 1.82) is 0 Å². The van der Waals surface area contributed by atoms with E-state index in [0.717, 1.165) is 41.4 Å². The van der Waals surface area contributed by atoms with Crippen molar-refractivity contribution in [3.05, 3.63) is 64.7 Å². The van der Waals surface area contributed by atoms with Gasteiger partial charge in [-0.05, 0) is 159 Å². The first kappa shape index (κ1) is 32.1. The lowest BCUT2D eigenvalue weighted by molar-refractivity contribution is 0.0224. The number of rotatable bonds is 2. The maximum absolute atomic E-state index is 2.75. The van der Waals surface area contributed by atoms with E-state index in [1.54, 1.807) is 0 Å². The Bertz CT molecular complexity index is 1340. The van der Waals surface area contributed by atoms with Gasteiger partial charge in [0.25, 0.3) is 0 Å². The zero-order valence-corrected chi connectivity index (χ0v) is 30.5. The molecule has 6 rings (SSSR count). The van der Waals surface area contributed by atoms with Gasteiger partial charge in [-0.3, -0.25) is 0 Å². The molecule has 0 aromatic heterocycles. The van der Waals surface area contributed by atoms with Crippen molar-refractivity contribution in [2.45, 2.75) is 139 Å². The number of hydrogen-bond donors (Lipinski definition) is 0. The van der Waals surface area contributed by atoms with E-state index >= 15 is 0 Å². The Morgan fingerprint density at radius 1 is 0.568 bits per heavy atom. The summed E-state index contributed by atoms with van der Waals surface area (Å²) in [4.78, 5) is 0. The molecule has 0 heteroatoms. The van der Waals surface area contributed by atoms with E-state index in [9.17, 15) is 0 Å². The van der Waals surface area contributed by atoms with E-state index < -0.39 is 0 Å². The zero-order chi connectivity index (χ0) is 32.0. The molecule has 0 bridgehead atoms. The number of hydrogen-bond acceptors (Lipinski definition) is 0. The SMILES string of the molecule is CC(C)(C)c1ccc2c(c1)C(=CCC1C3CC4CC(C(C)(C)C)CCC4C3CCC1C(C)(C)C)c1cc(C(C)(C)C)ccc1-2. The van der Waals surface area contributed by atoms with Crippen LogP contribution >= 0.6 is 0 Å². The molecule has 0 amide bonds. The molecule has 2 aromatic rings. The van der Waals surface area contributed by atoms with Gasteiger partial charge < -0.3 is 0 Å². The predicted molar refractivity (Wildman–Crippen MR) is 192 cm³/mol. The van der Waals surface area contributed by atoms with Gasteiger partial charge in [-0.15, -0.1) is 0 Å². The molecule has 0 heterocycles. The van der Waals surface area contributed by atoms with Crippen molar-refractivity contribution < 1.29 is 0 Å². The molecule has 0 saturated heterocycles. The average Bonchev–Trinajstić information content (AvgIpc) is 3.44. The van der Waals surface area contributed by atoms with Crippen molar-refractivity contribution in [2.75, 3.05) is 0 Å². The van der Waals surface area contributed by atoms with Crippen LogP contribution in [0.5, 0.6) is 0 Å². The van der Waals surface area contributed by atoms with Crippen LogP contribution in [0, 0.1) is 52.3 Å². The minimum absolute atomic E-state index is 0.143.